The van der Waals surface area contributed by atoms with Gasteiger partial charge in [0.25, 0.3) is 5.91 Å². The molecule has 5 rings (SSSR count). The second kappa shape index (κ2) is 9.51. The number of nitrogens with zero attached hydrogens (tertiary/aromatic N) is 5. The maximum atomic E-state index is 12.3. The highest BCUT2D eigenvalue weighted by atomic mass is 16.1. The molecule has 1 aliphatic carbocycles. The summed E-state index contributed by atoms with van der Waals surface area (Å²) in [7, 11) is 1.63. The third-order valence-corrected chi connectivity index (χ3v) is 6.50. The maximum absolute atomic E-state index is 12.3. The molecule has 0 aliphatic heterocycles. The van der Waals surface area contributed by atoms with Gasteiger partial charge in [-0.2, -0.15) is 0 Å². The van der Waals surface area contributed by atoms with Crippen molar-refractivity contribution in [3.8, 4) is 11.3 Å². The Morgan fingerprint density at radius 3 is 2.65 bits per heavy atom. The molecule has 1 amide bonds. The molecule has 3 heterocycles. The van der Waals surface area contributed by atoms with Gasteiger partial charge in [0.15, 0.2) is 0 Å². The van der Waals surface area contributed by atoms with Crippen molar-refractivity contribution in [2.75, 3.05) is 18.9 Å². The van der Waals surface area contributed by atoms with Crippen LogP contribution < -0.4 is 10.6 Å². The Kier molecular flexibility index (Phi) is 6.12. The van der Waals surface area contributed by atoms with Crippen LogP contribution in [-0.4, -0.2) is 44.4 Å². The Bertz CT molecular complexity index is 1320. The molecule has 1 aliphatic rings. The lowest BCUT2D eigenvalue weighted by atomic mass is 9.85. The number of carbonyl (C=O) groups is 1. The van der Waals surface area contributed by atoms with Gasteiger partial charge in [-0.25, -0.2) is 19.9 Å². The van der Waals surface area contributed by atoms with Crippen molar-refractivity contribution in [2.24, 2.45) is 0 Å². The quantitative estimate of drug-likeness (QED) is 0.429. The average Bonchev–Trinajstić information content (AvgIpc) is 2.85. The van der Waals surface area contributed by atoms with Crippen LogP contribution in [0.3, 0.4) is 0 Å². The highest BCUT2D eigenvalue weighted by Gasteiger charge is 2.22. The summed E-state index contributed by atoms with van der Waals surface area (Å²) in [5, 5.41) is 6.96. The van der Waals surface area contributed by atoms with Crippen molar-refractivity contribution < 1.29 is 4.79 Å². The number of hydrogen-bond donors (Lipinski definition) is 2. The SMILES string of the molecule is CNC(=O)c1ccnc2c([C@H](C)CNc3cc(-c4cnc(C5CCC5)nc4)ncn3)cccc12. The van der Waals surface area contributed by atoms with E-state index in [4.69, 9.17) is 0 Å². The molecule has 0 radical (unpaired) electrons. The smallest absolute Gasteiger partial charge is 0.251 e. The number of nitrogens with one attached hydrogen (secondary N) is 2. The molecule has 8 nitrogen and oxygen atoms in total. The first kappa shape index (κ1) is 21.9. The third-order valence-electron chi connectivity index (χ3n) is 6.50. The zero-order valence-corrected chi connectivity index (χ0v) is 19.3. The topological polar surface area (TPSA) is 106 Å². The normalized spacial score (nSPS) is 14.4. The van der Waals surface area contributed by atoms with E-state index < -0.39 is 0 Å². The summed E-state index contributed by atoms with van der Waals surface area (Å²) in [6, 6.07) is 9.63. The summed E-state index contributed by atoms with van der Waals surface area (Å²) >= 11 is 0. The predicted octanol–water partition coefficient (Wildman–Crippen LogP) is 4.32. The van der Waals surface area contributed by atoms with Crippen LogP contribution in [0.2, 0.25) is 0 Å². The first-order valence-corrected chi connectivity index (χ1v) is 11.6. The van der Waals surface area contributed by atoms with Gasteiger partial charge in [-0.15, -0.1) is 0 Å². The van der Waals surface area contributed by atoms with Crippen LogP contribution in [0.1, 0.15) is 59.8 Å². The van der Waals surface area contributed by atoms with Gasteiger partial charge >= 0.3 is 0 Å². The number of amides is 1. The minimum Gasteiger partial charge on any atom is -0.369 e. The number of pyridine rings is 1. The summed E-state index contributed by atoms with van der Waals surface area (Å²) < 4.78 is 0. The van der Waals surface area contributed by atoms with E-state index in [0.717, 1.165) is 39.4 Å². The highest BCUT2D eigenvalue weighted by Crippen LogP contribution is 2.34. The van der Waals surface area contributed by atoms with E-state index in [1.54, 1.807) is 25.6 Å². The van der Waals surface area contributed by atoms with Gasteiger partial charge in [-0.05, 0) is 24.5 Å². The van der Waals surface area contributed by atoms with E-state index in [2.05, 4.69) is 48.5 Å². The summed E-state index contributed by atoms with van der Waals surface area (Å²) in [4.78, 5) is 34.7. The molecular formula is C26H27N7O. The van der Waals surface area contributed by atoms with Gasteiger partial charge in [0.2, 0.25) is 0 Å². The second-order valence-electron chi connectivity index (χ2n) is 8.71. The van der Waals surface area contributed by atoms with Gasteiger partial charge in [-0.3, -0.25) is 9.78 Å². The van der Waals surface area contributed by atoms with Crippen molar-refractivity contribution in [1.82, 2.24) is 30.2 Å². The number of carbonyl (C=O) groups excluding carboxylic acids is 1. The molecule has 1 fully saturated rings. The van der Waals surface area contributed by atoms with Gasteiger partial charge in [0.1, 0.15) is 18.0 Å². The Morgan fingerprint density at radius 2 is 1.91 bits per heavy atom. The molecule has 3 aromatic heterocycles. The van der Waals surface area contributed by atoms with Crippen LogP contribution in [0.5, 0.6) is 0 Å². The van der Waals surface area contributed by atoms with Crippen molar-refractivity contribution in [1.29, 1.82) is 0 Å². The number of hydrogen-bond acceptors (Lipinski definition) is 7. The largest absolute Gasteiger partial charge is 0.369 e. The number of aromatic nitrogens is 5. The molecule has 4 aromatic rings. The number of fused-ring (bicyclic) bond motifs is 1. The molecule has 0 spiro atoms. The van der Waals surface area contributed by atoms with E-state index in [9.17, 15) is 4.79 Å². The maximum Gasteiger partial charge on any atom is 0.251 e. The fraction of sp³-hybridized carbons (Fsp3) is 0.308. The number of anilines is 1. The molecule has 0 saturated heterocycles. The Labute approximate surface area is 198 Å². The molecule has 34 heavy (non-hydrogen) atoms. The summed E-state index contributed by atoms with van der Waals surface area (Å²) in [6.45, 7) is 2.78. The predicted molar refractivity (Wildman–Crippen MR) is 132 cm³/mol. The molecule has 8 heteroatoms. The lowest BCUT2D eigenvalue weighted by Gasteiger charge is -2.23. The Morgan fingerprint density at radius 1 is 1.09 bits per heavy atom. The lowest BCUT2D eigenvalue weighted by Crippen LogP contribution is -2.18. The van der Waals surface area contributed by atoms with Crippen LogP contribution in [0.4, 0.5) is 5.82 Å². The molecule has 1 aromatic carbocycles. The lowest BCUT2D eigenvalue weighted by molar-refractivity contribution is 0.0964. The van der Waals surface area contributed by atoms with E-state index >= 15 is 0 Å². The van der Waals surface area contributed by atoms with Crippen LogP contribution >= 0.6 is 0 Å². The fourth-order valence-corrected chi connectivity index (χ4v) is 4.26. The summed E-state index contributed by atoms with van der Waals surface area (Å²) in [6.07, 6.45) is 10.6. The van der Waals surface area contributed by atoms with Crippen LogP contribution in [0, 0.1) is 0 Å². The monoisotopic (exact) mass is 453 g/mol. The second-order valence-corrected chi connectivity index (χ2v) is 8.71. The zero-order chi connectivity index (χ0) is 23.5. The zero-order valence-electron chi connectivity index (χ0n) is 19.3. The number of para-hydroxylation sites is 1. The Hall–Kier alpha value is -3.94. The molecule has 0 unspecified atom stereocenters. The first-order chi connectivity index (χ1) is 16.6. The van der Waals surface area contributed by atoms with Crippen LogP contribution in [0.15, 0.2) is 55.2 Å². The van der Waals surface area contributed by atoms with Crippen molar-refractivity contribution >= 4 is 22.6 Å². The fourth-order valence-electron chi connectivity index (χ4n) is 4.26. The standard InChI is InChI=1S/C26H27N7O/c1-16(19-7-4-8-20-21(26(34)27-2)9-10-28-24(19)20)12-29-23-11-22(32-15-33-23)18-13-30-25(31-14-18)17-5-3-6-17/h4,7-11,13-17H,3,5-6,12H2,1-2H3,(H,27,34)(H,29,32,33)/t16-/m1/s1. The van der Waals surface area contributed by atoms with Gasteiger partial charge in [0.05, 0.1) is 16.8 Å². The number of rotatable bonds is 7. The van der Waals surface area contributed by atoms with Crippen LogP contribution in [0.25, 0.3) is 22.2 Å². The van der Waals surface area contributed by atoms with Crippen LogP contribution in [-0.2, 0) is 0 Å². The van der Waals surface area contributed by atoms with E-state index in [1.165, 1.54) is 19.3 Å². The molecule has 1 saturated carbocycles. The van der Waals surface area contributed by atoms with Crippen molar-refractivity contribution in [3.63, 3.8) is 0 Å². The highest BCUT2D eigenvalue weighted by molar-refractivity contribution is 6.06. The molecule has 172 valence electrons. The van der Waals surface area contributed by atoms with E-state index in [1.807, 2.05) is 30.6 Å². The minimum atomic E-state index is -0.117. The van der Waals surface area contributed by atoms with Gasteiger partial charge in [-0.1, -0.05) is 31.5 Å². The Balaban J connectivity index is 1.32. The molecular weight excluding hydrogens is 426 g/mol. The van der Waals surface area contributed by atoms with E-state index in [-0.39, 0.29) is 11.8 Å². The van der Waals surface area contributed by atoms with Gasteiger partial charge in [0, 0.05) is 61.0 Å². The third kappa shape index (κ3) is 4.31. The van der Waals surface area contributed by atoms with E-state index in [0.29, 0.717) is 18.0 Å². The minimum absolute atomic E-state index is 0.117. The molecule has 2 N–H and O–H groups in total. The molecule has 1 atom stereocenters. The summed E-state index contributed by atoms with van der Waals surface area (Å²) in [5.74, 6) is 2.20. The average molecular weight is 454 g/mol. The summed E-state index contributed by atoms with van der Waals surface area (Å²) in [5.41, 5.74) is 4.20. The van der Waals surface area contributed by atoms with Crippen molar-refractivity contribution in [3.05, 3.63) is 72.2 Å². The molecule has 0 bridgehead atoms. The van der Waals surface area contributed by atoms with Crippen molar-refractivity contribution in [2.45, 2.75) is 38.0 Å². The number of benzene rings is 1. The first-order valence-electron chi connectivity index (χ1n) is 11.6. The van der Waals surface area contributed by atoms with Gasteiger partial charge < -0.3 is 10.6 Å².